The zero-order valence-corrected chi connectivity index (χ0v) is 16.4. The zero-order chi connectivity index (χ0) is 21.0. The van der Waals surface area contributed by atoms with Crippen molar-refractivity contribution in [2.45, 2.75) is 0 Å². The molecule has 1 aliphatic rings. The summed E-state index contributed by atoms with van der Waals surface area (Å²) < 4.78 is 5.52. The van der Waals surface area contributed by atoms with E-state index in [-0.39, 0.29) is 52.4 Å². The molecule has 0 spiro atoms. The number of ether oxygens (including phenoxy) is 1. The summed E-state index contributed by atoms with van der Waals surface area (Å²) in [5, 5.41) is 13.6. The largest absolute Gasteiger partial charge is 0.450 e. The lowest BCUT2D eigenvalue weighted by Gasteiger charge is -2.13. The van der Waals surface area contributed by atoms with Crippen LogP contribution in [-0.2, 0) is 4.79 Å². The lowest BCUT2D eigenvalue weighted by Crippen LogP contribution is -2.37. The van der Waals surface area contributed by atoms with Crippen molar-refractivity contribution in [1.29, 1.82) is 0 Å². The monoisotopic (exact) mass is 435 g/mol. The molecule has 11 heteroatoms. The molecule has 0 bridgehead atoms. The van der Waals surface area contributed by atoms with E-state index in [0.717, 1.165) is 16.7 Å². The summed E-state index contributed by atoms with van der Waals surface area (Å²) in [5.74, 6) is -0.209. The highest BCUT2D eigenvalue weighted by Crippen LogP contribution is 2.33. The Balaban J connectivity index is 1.59. The molecular formula is C18H14ClN3O6S. The van der Waals surface area contributed by atoms with E-state index >= 15 is 0 Å². The first kappa shape index (κ1) is 20.6. The van der Waals surface area contributed by atoms with Gasteiger partial charge in [0, 0.05) is 29.7 Å². The fourth-order valence-electron chi connectivity index (χ4n) is 2.50. The third kappa shape index (κ3) is 5.04. The molecule has 1 fully saturated rings. The van der Waals surface area contributed by atoms with Crippen molar-refractivity contribution in [2.24, 2.45) is 0 Å². The zero-order valence-electron chi connectivity index (χ0n) is 14.8. The van der Waals surface area contributed by atoms with E-state index in [1.54, 1.807) is 0 Å². The number of nitrogens with zero attached hydrogens (tertiary/aromatic N) is 2. The van der Waals surface area contributed by atoms with Crippen molar-refractivity contribution < 1.29 is 24.0 Å². The Morgan fingerprint density at radius 1 is 1.24 bits per heavy atom. The smallest absolute Gasteiger partial charge is 0.313 e. The Kier molecular flexibility index (Phi) is 6.35. The maximum absolute atomic E-state index is 12.2. The van der Waals surface area contributed by atoms with E-state index in [1.807, 2.05) is 0 Å². The molecule has 1 saturated heterocycles. The quantitative estimate of drug-likeness (QED) is 0.522. The maximum Gasteiger partial charge on any atom is 0.313 e. The van der Waals surface area contributed by atoms with Gasteiger partial charge in [0.1, 0.15) is 5.75 Å². The van der Waals surface area contributed by atoms with Crippen molar-refractivity contribution in [3.05, 3.63) is 63.2 Å². The standard InChI is InChI=1S/C18H14ClN3O6S/c19-12-3-6-15(14(9-12)22(26)27)28-13-4-1-11(2-5-13)17(24)20-7-8-21-16(23)10-29-18(21)25/h1-6,9H,7-8,10H2,(H,20,24). The minimum Gasteiger partial charge on any atom is -0.450 e. The Morgan fingerprint density at radius 3 is 2.59 bits per heavy atom. The van der Waals surface area contributed by atoms with Crippen LogP contribution in [0.4, 0.5) is 10.5 Å². The Bertz CT molecular complexity index is 966. The average molecular weight is 436 g/mol. The average Bonchev–Trinajstić information content (AvgIpc) is 3.01. The summed E-state index contributed by atoms with van der Waals surface area (Å²) in [4.78, 5) is 46.8. The van der Waals surface area contributed by atoms with Gasteiger partial charge in [-0.3, -0.25) is 29.4 Å². The van der Waals surface area contributed by atoms with Crippen LogP contribution >= 0.6 is 23.4 Å². The molecular weight excluding hydrogens is 422 g/mol. The van der Waals surface area contributed by atoms with Gasteiger partial charge in [-0.1, -0.05) is 23.4 Å². The fraction of sp³-hybridized carbons (Fsp3) is 0.167. The number of hydrogen-bond acceptors (Lipinski definition) is 7. The van der Waals surface area contributed by atoms with Gasteiger partial charge in [0.2, 0.25) is 11.7 Å². The summed E-state index contributed by atoms with van der Waals surface area (Å²) in [7, 11) is 0. The number of thioether (sulfide) groups is 1. The minimum atomic E-state index is -0.600. The molecule has 3 rings (SSSR count). The number of halogens is 1. The van der Waals surface area contributed by atoms with Gasteiger partial charge < -0.3 is 10.1 Å². The highest BCUT2D eigenvalue weighted by Gasteiger charge is 2.29. The summed E-state index contributed by atoms with van der Waals surface area (Å²) in [6, 6.07) is 10.0. The van der Waals surface area contributed by atoms with Crippen molar-refractivity contribution in [3.63, 3.8) is 0 Å². The van der Waals surface area contributed by atoms with Crippen molar-refractivity contribution in [3.8, 4) is 11.5 Å². The summed E-state index contributed by atoms with van der Waals surface area (Å²) in [6.07, 6.45) is 0. The van der Waals surface area contributed by atoms with Crippen LogP contribution in [0.2, 0.25) is 5.02 Å². The van der Waals surface area contributed by atoms with Crippen molar-refractivity contribution >= 4 is 46.1 Å². The second-order valence-electron chi connectivity index (χ2n) is 5.85. The number of nitro benzene ring substituents is 1. The van der Waals surface area contributed by atoms with Crippen LogP contribution in [0.3, 0.4) is 0 Å². The van der Waals surface area contributed by atoms with Gasteiger partial charge in [-0.05, 0) is 36.4 Å². The van der Waals surface area contributed by atoms with Crippen LogP contribution in [0.1, 0.15) is 10.4 Å². The number of hydrogen-bond donors (Lipinski definition) is 1. The van der Waals surface area contributed by atoms with Gasteiger partial charge in [-0.15, -0.1) is 0 Å². The molecule has 29 heavy (non-hydrogen) atoms. The first-order valence-electron chi connectivity index (χ1n) is 8.32. The summed E-state index contributed by atoms with van der Waals surface area (Å²) in [6.45, 7) is 0.240. The first-order valence-corrected chi connectivity index (χ1v) is 9.68. The lowest BCUT2D eigenvalue weighted by molar-refractivity contribution is -0.385. The molecule has 3 amide bonds. The Hall–Kier alpha value is -3.11. The Labute approximate surface area is 174 Å². The molecule has 0 aromatic heterocycles. The predicted molar refractivity (Wildman–Crippen MR) is 107 cm³/mol. The van der Waals surface area contributed by atoms with Gasteiger partial charge >= 0.3 is 5.69 Å². The number of imide groups is 1. The second-order valence-corrected chi connectivity index (χ2v) is 7.21. The highest BCUT2D eigenvalue weighted by atomic mass is 35.5. The molecule has 150 valence electrons. The second kappa shape index (κ2) is 8.93. The number of carbonyl (C=O) groups excluding carboxylic acids is 3. The van der Waals surface area contributed by atoms with E-state index in [4.69, 9.17) is 16.3 Å². The highest BCUT2D eigenvalue weighted by molar-refractivity contribution is 8.14. The topological polar surface area (TPSA) is 119 Å². The summed E-state index contributed by atoms with van der Waals surface area (Å²) >= 11 is 6.71. The molecule has 9 nitrogen and oxygen atoms in total. The van der Waals surface area contributed by atoms with Crippen LogP contribution < -0.4 is 10.1 Å². The van der Waals surface area contributed by atoms with Crippen LogP contribution in [-0.4, -0.2) is 45.7 Å². The van der Waals surface area contributed by atoms with Crippen molar-refractivity contribution in [2.75, 3.05) is 18.8 Å². The molecule has 1 N–H and O–H groups in total. The first-order chi connectivity index (χ1) is 13.8. The number of benzene rings is 2. The van der Waals surface area contributed by atoms with Gasteiger partial charge in [0.25, 0.3) is 11.1 Å². The third-order valence-corrected chi connectivity index (χ3v) is 5.02. The number of amides is 3. The van der Waals surface area contributed by atoms with Gasteiger partial charge in [0.05, 0.1) is 10.7 Å². The van der Waals surface area contributed by atoms with Crippen molar-refractivity contribution in [1.82, 2.24) is 10.2 Å². The van der Waals surface area contributed by atoms with Crippen LogP contribution in [0.5, 0.6) is 11.5 Å². The fourth-order valence-corrected chi connectivity index (χ4v) is 3.42. The molecule has 0 atom stereocenters. The maximum atomic E-state index is 12.2. The van der Waals surface area contributed by atoms with Gasteiger partial charge in [-0.25, -0.2) is 0 Å². The molecule has 0 radical (unpaired) electrons. The number of rotatable bonds is 7. The lowest BCUT2D eigenvalue weighted by atomic mass is 10.2. The molecule has 0 unspecified atom stereocenters. The number of carbonyl (C=O) groups is 3. The molecule has 0 aliphatic carbocycles. The van der Waals surface area contributed by atoms with Gasteiger partial charge in [0.15, 0.2) is 0 Å². The van der Waals surface area contributed by atoms with Gasteiger partial charge in [-0.2, -0.15) is 0 Å². The van der Waals surface area contributed by atoms with Crippen LogP contribution in [0.15, 0.2) is 42.5 Å². The van der Waals surface area contributed by atoms with E-state index in [1.165, 1.54) is 42.5 Å². The summed E-state index contributed by atoms with van der Waals surface area (Å²) in [5.41, 5.74) is 0.0555. The minimum absolute atomic E-state index is 0.0226. The van der Waals surface area contributed by atoms with E-state index in [9.17, 15) is 24.5 Å². The number of nitro groups is 1. The van der Waals surface area contributed by atoms with Crippen LogP contribution in [0, 0.1) is 10.1 Å². The molecule has 1 aliphatic heterocycles. The molecule has 2 aromatic carbocycles. The SMILES string of the molecule is O=C(NCCN1C(=O)CSC1=O)c1ccc(Oc2ccc(Cl)cc2[N+](=O)[O-])cc1. The Morgan fingerprint density at radius 2 is 1.97 bits per heavy atom. The van der Waals surface area contributed by atoms with E-state index in [0.29, 0.717) is 11.3 Å². The van der Waals surface area contributed by atoms with Crippen LogP contribution in [0.25, 0.3) is 0 Å². The third-order valence-electron chi connectivity index (χ3n) is 3.92. The molecule has 0 saturated carbocycles. The molecule has 2 aromatic rings. The normalized spacial score (nSPS) is 13.5. The predicted octanol–water partition coefficient (Wildman–Crippen LogP) is 3.47. The van der Waals surface area contributed by atoms with E-state index < -0.39 is 4.92 Å². The van der Waals surface area contributed by atoms with E-state index in [2.05, 4.69) is 5.32 Å². The molecule has 1 heterocycles. The number of nitrogens with one attached hydrogen (secondary N) is 1.